The predicted octanol–water partition coefficient (Wildman–Crippen LogP) is 2.31. The number of hydrogen-bond donors (Lipinski definition) is 1. The highest BCUT2D eigenvalue weighted by molar-refractivity contribution is 6.35. The number of hydrogen-bond acceptors (Lipinski definition) is 3. The monoisotopic (exact) mass is 317 g/mol. The SMILES string of the molecule is CC1(OCC(=O)O)CN(C(=O)c2cc(Cl)ccc2Cl)C1. The molecule has 7 heteroatoms. The van der Waals surface area contributed by atoms with Crippen molar-refractivity contribution < 1.29 is 19.4 Å². The lowest BCUT2D eigenvalue weighted by molar-refractivity contribution is -0.159. The number of likely N-dealkylation sites (tertiary alicyclic amines) is 1. The fourth-order valence-electron chi connectivity index (χ4n) is 2.06. The van der Waals surface area contributed by atoms with Crippen LogP contribution in [0.5, 0.6) is 0 Å². The molecule has 0 spiro atoms. The number of aliphatic carboxylic acids is 1. The summed E-state index contributed by atoms with van der Waals surface area (Å²) in [7, 11) is 0. The van der Waals surface area contributed by atoms with Gasteiger partial charge in [0.1, 0.15) is 12.2 Å². The van der Waals surface area contributed by atoms with Gasteiger partial charge in [0, 0.05) is 5.02 Å². The third kappa shape index (κ3) is 3.23. The summed E-state index contributed by atoms with van der Waals surface area (Å²) in [6.07, 6.45) is 0. The van der Waals surface area contributed by atoms with E-state index in [9.17, 15) is 9.59 Å². The molecule has 1 aromatic rings. The quantitative estimate of drug-likeness (QED) is 0.925. The highest BCUT2D eigenvalue weighted by Gasteiger charge is 2.43. The van der Waals surface area contributed by atoms with Gasteiger partial charge < -0.3 is 14.7 Å². The molecule has 1 fully saturated rings. The van der Waals surface area contributed by atoms with E-state index in [-0.39, 0.29) is 12.5 Å². The molecule has 1 saturated heterocycles. The van der Waals surface area contributed by atoms with Crippen LogP contribution in [0.1, 0.15) is 17.3 Å². The van der Waals surface area contributed by atoms with Gasteiger partial charge in [0.05, 0.1) is 23.7 Å². The number of carbonyl (C=O) groups excluding carboxylic acids is 1. The molecule has 0 bridgehead atoms. The molecule has 0 aliphatic carbocycles. The smallest absolute Gasteiger partial charge is 0.329 e. The van der Waals surface area contributed by atoms with Crippen molar-refractivity contribution in [1.82, 2.24) is 4.90 Å². The second-order valence-electron chi connectivity index (χ2n) is 4.92. The van der Waals surface area contributed by atoms with Crippen molar-refractivity contribution in [2.45, 2.75) is 12.5 Å². The fraction of sp³-hybridized carbons (Fsp3) is 0.385. The average Bonchev–Trinajstić information content (AvgIpc) is 2.35. The third-order valence-electron chi connectivity index (χ3n) is 3.04. The maximum absolute atomic E-state index is 12.2. The fourth-order valence-corrected chi connectivity index (χ4v) is 2.43. The van der Waals surface area contributed by atoms with E-state index < -0.39 is 11.6 Å². The van der Waals surface area contributed by atoms with E-state index in [1.54, 1.807) is 24.0 Å². The van der Waals surface area contributed by atoms with Gasteiger partial charge in [0.2, 0.25) is 0 Å². The lowest BCUT2D eigenvalue weighted by Gasteiger charge is -2.47. The van der Waals surface area contributed by atoms with Gasteiger partial charge in [-0.15, -0.1) is 0 Å². The Morgan fingerprint density at radius 3 is 2.65 bits per heavy atom. The van der Waals surface area contributed by atoms with E-state index in [2.05, 4.69) is 0 Å². The number of nitrogens with zero attached hydrogens (tertiary/aromatic N) is 1. The normalized spacial score (nSPS) is 16.6. The molecule has 0 unspecified atom stereocenters. The first-order valence-electron chi connectivity index (χ1n) is 5.91. The van der Waals surface area contributed by atoms with Crippen LogP contribution >= 0.6 is 23.2 Å². The summed E-state index contributed by atoms with van der Waals surface area (Å²) >= 11 is 11.8. The van der Waals surface area contributed by atoms with Gasteiger partial charge in [-0.25, -0.2) is 4.79 Å². The van der Waals surface area contributed by atoms with Crippen LogP contribution in [-0.4, -0.2) is 47.2 Å². The molecule has 20 heavy (non-hydrogen) atoms. The molecule has 0 atom stereocenters. The summed E-state index contributed by atoms with van der Waals surface area (Å²) < 4.78 is 5.24. The molecule has 0 aromatic heterocycles. The number of rotatable bonds is 4. The van der Waals surface area contributed by atoms with E-state index in [1.165, 1.54) is 6.07 Å². The van der Waals surface area contributed by atoms with Gasteiger partial charge in [-0.2, -0.15) is 0 Å². The second kappa shape index (κ2) is 5.60. The van der Waals surface area contributed by atoms with Crippen molar-refractivity contribution in [3.05, 3.63) is 33.8 Å². The van der Waals surface area contributed by atoms with E-state index >= 15 is 0 Å². The van der Waals surface area contributed by atoms with E-state index in [4.69, 9.17) is 33.0 Å². The minimum absolute atomic E-state index is 0.242. The maximum atomic E-state index is 12.2. The Balaban J connectivity index is 2.00. The topological polar surface area (TPSA) is 66.8 Å². The highest BCUT2D eigenvalue weighted by atomic mass is 35.5. The number of halogens is 2. The average molecular weight is 318 g/mol. The number of ether oxygens (including phenoxy) is 1. The summed E-state index contributed by atoms with van der Waals surface area (Å²) in [5, 5.41) is 9.35. The van der Waals surface area contributed by atoms with Crippen LogP contribution in [0.4, 0.5) is 0 Å². The first kappa shape index (κ1) is 15.1. The minimum atomic E-state index is -1.03. The molecule has 1 aliphatic rings. The van der Waals surface area contributed by atoms with Gasteiger partial charge in [-0.3, -0.25) is 4.79 Å². The zero-order valence-electron chi connectivity index (χ0n) is 10.7. The van der Waals surface area contributed by atoms with Gasteiger partial charge >= 0.3 is 5.97 Å². The summed E-state index contributed by atoms with van der Waals surface area (Å²) in [4.78, 5) is 24.2. The van der Waals surface area contributed by atoms with E-state index in [0.717, 1.165) is 0 Å². The van der Waals surface area contributed by atoms with E-state index in [1.807, 2.05) is 0 Å². The first-order valence-corrected chi connectivity index (χ1v) is 6.66. The molecule has 5 nitrogen and oxygen atoms in total. The number of carbonyl (C=O) groups is 2. The number of carboxylic acids is 1. The molecule has 0 radical (unpaired) electrons. The molecular formula is C13H13Cl2NO4. The summed E-state index contributed by atoms with van der Waals surface area (Å²) in [6, 6.07) is 4.69. The van der Waals surface area contributed by atoms with Crippen molar-refractivity contribution in [2.24, 2.45) is 0 Å². The van der Waals surface area contributed by atoms with Gasteiger partial charge in [-0.05, 0) is 25.1 Å². The molecule has 1 amide bonds. The lowest BCUT2D eigenvalue weighted by atomic mass is 9.95. The van der Waals surface area contributed by atoms with Gasteiger partial charge in [-0.1, -0.05) is 23.2 Å². The summed E-state index contributed by atoms with van der Waals surface area (Å²) in [5.74, 6) is -1.28. The largest absolute Gasteiger partial charge is 0.480 e. The van der Waals surface area contributed by atoms with Crippen molar-refractivity contribution in [1.29, 1.82) is 0 Å². The van der Waals surface area contributed by atoms with Gasteiger partial charge in [0.25, 0.3) is 5.91 Å². The minimum Gasteiger partial charge on any atom is -0.480 e. The zero-order chi connectivity index (χ0) is 14.9. The number of amides is 1. The zero-order valence-corrected chi connectivity index (χ0v) is 12.2. The van der Waals surface area contributed by atoms with Crippen LogP contribution in [0.25, 0.3) is 0 Å². The van der Waals surface area contributed by atoms with Crippen LogP contribution in [-0.2, 0) is 9.53 Å². The Hall–Kier alpha value is -1.30. The van der Waals surface area contributed by atoms with Crippen LogP contribution in [0.3, 0.4) is 0 Å². The molecule has 0 saturated carbocycles. The van der Waals surface area contributed by atoms with Crippen LogP contribution in [0, 0.1) is 0 Å². The van der Waals surface area contributed by atoms with Crippen molar-refractivity contribution >= 4 is 35.1 Å². The van der Waals surface area contributed by atoms with Crippen molar-refractivity contribution in [3.63, 3.8) is 0 Å². The molecule has 1 heterocycles. The molecule has 1 N–H and O–H groups in total. The molecule has 108 valence electrons. The lowest BCUT2D eigenvalue weighted by Crippen LogP contribution is -2.63. The second-order valence-corrected chi connectivity index (χ2v) is 5.76. The first-order chi connectivity index (χ1) is 9.31. The van der Waals surface area contributed by atoms with Crippen LogP contribution in [0.2, 0.25) is 10.0 Å². The predicted molar refractivity (Wildman–Crippen MR) is 74.4 cm³/mol. The Bertz CT molecular complexity index is 555. The molecular weight excluding hydrogens is 305 g/mol. The molecule has 2 rings (SSSR count). The Morgan fingerprint density at radius 2 is 2.05 bits per heavy atom. The standard InChI is InChI=1S/C13H13Cl2NO4/c1-13(20-5-11(17)18)6-16(7-13)12(19)9-4-8(14)2-3-10(9)15/h2-4H,5-7H2,1H3,(H,17,18). The Labute approximate surface area is 126 Å². The Morgan fingerprint density at radius 1 is 1.40 bits per heavy atom. The summed E-state index contributed by atoms with van der Waals surface area (Å²) in [6.45, 7) is 2.03. The van der Waals surface area contributed by atoms with Crippen molar-refractivity contribution in [3.8, 4) is 0 Å². The van der Waals surface area contributed by atoms with Crippen LogP contribution in [0.15, 0.2) is 18.2 Å². The highest BCUT2D eigenvalue weighted by Crippen LogP contribution is 2.29. The van der Waals surface area contributed by atoms with Crippen LogP contribution < -0.4 is 0 Å². The summed E-state index contributed by atoms with van der Waals surface area (Å²) in [5.41, 5.74) is -0.293. The number of benzene rings is 1. The Kier molecular flexibility index (Phi) is 4.22. The number of carboxylic acid groups (broad SMARTS) is 1. The maximum Gasteiger partial charge on any atom is 0.329 e. The third-order valence-corrected chi connectivity index (χ3v) is 3.61. The van der Waals surface area contributed by atoms with E-state index in [0.29, 0.717) is 28.7 Å². The molecule has 1 aliphatic heterocycles. The molecule has 1 aromatic carbocycles. The van der Waals surface area contributed by atoms with Gasteiger partial charge in [0.15, 0.2) is 0 Å². The van der Waals surface area contributed by atoms with Crippen molar-refractivity contribution in [2.75, 3.05) is 19.7 Å².